The van der Waals surface area contributed by atoms with Crippen molar-refractivity contribution >= 4 is 0 Å². The van der Waals surface area contributed by atoms with E-state index in [9.17, 15) is 8.78 Å². The first-order chi connectivity index (χ1) is 14.5. The summed E-state index contributed by atoms with van der Waals surface area (Å²) in [6.45, 7) is 6.39. The fourth-order valence-electron chi connectivity index (χ4n) is 4.51. The Kier molecular flexibility index (Phi) is 6.19. The highest BCUT2D eigenvalue weighted by Crippen LogP contribution is 2.44. The third-order valence-electron chi connectivity index (χ3n) is 6.14. The van der Waals surface area contributed by atoms with Gasteiger partial charge >= 0.3 is 0 Å². The lowest BCUT2D eigenvalue weighted by atomic mass is 9.90. The molecular weight excluding hydrogens is 389 g/mol. The molecule has 0 aliphatic carbocycles. The molecule has 1 saturated heterocycles. The van der Waals surface area contributed by atoms with Gasteiger partial charge < -0.3 is 9.47 Å². The minimum absolute atomic E-state index is 0.0172. The summed E-state index contributed by atoms with van der Waals surface area (Å²) in [5.74, 6) is -2.25. The zero-order valence-corrected chi connectivity index (χ0v) is 17.3. The van der Waals surface area contributed by atoms with Gasteiger partial charge in [0.1, 0.15) is 0 Å². The predicted octanol–water partition coefficient (Wildman–Crippen LogP) is 7.19. The molecule has 2 aromatic carbocycles. The second-order valence-corrected chi connectivity index (χ2v) is 8.27. The van der Waals surface area contributed by atoms with E-state index in [1.165, 1.54) is 0 Å². The molecule has 2 aliphatic heterocycles. The third kappa shape index (κ3) is 3.87. The Bertz CT molecular complexity index is 946. The van der Waals surface area contributed by atoms with Crippen LogP contribution in [0.15, 0.2) is 30.9 Å². The average molecular weight is 416 g/mol. The zero-order chi connectivity index (χ0) is 21.3. The Hall–Kier alpha value is -2.27. The van der Waals surface area contributed by atoms with Crippen LogP contribution in [-0.2, 0) is 17.6 Å². The van der Waals surface area contributed by atoms with E-state index in [-0.39, 0.29) is 23.2 Å². The van der Waals surface area contributed by atoms with Crippen LogP contribution in [0.1, 0.15) is 67.4 Å². The number of halogens is 3. The first-order valence-electron chi connectivity index (χ1n) is 10.7. The SMILES string of the molecule is C=CCCc1cc2c(c(F)c1F)Oc1c(ccc(C3CCC(CCC)CO3)c1F)C2. The molecule has 0 aromatic heterocycles. The summed E-state index contributed by atoms with van der Waals surface area (Å²) in [5, 5.41) is 0. The maximum absolute atomic E-state index is 15.3. The maximum atomic E-state index is 15.3. The second kappa shape index (κ2) is 8.84. The van der Waals surface area contributed by atoms with Crippen LogP contribution in [0.3, 0.4) is 0 Å². The number of hydrogen-bond acceptors (Lipinski definition) is 2. The fourth-order valence-corrected chi connectivity index (χ4v) is 4.51. The molecule has 2 atom stereocenters. The Morgan fingerprint density at radius 1 is 1.07 bits per heavy atom. The predicted molar refractivity (Wildman–Crippen MR) is 110 cm³/mol. The van der Waals surface area contributed by atoms with Crippen molar-refractivity contribution in [3.8, 4) is 11.5 Å². The van der Waals surface area contributed by atoms with Gasteiger partial charge in [-0.15, -0.1) is 6.58 Å². The van der Waals surface area contributed by atoms with Crippen LogP contribution in [0.4, 0.5) is 13.2 Å². The molecule has 4 rings (SSSR count). The third-order valence-corrected chi connectivity index (χ3v) is 6.14. The highest BCUT2D eigenvalue weighted by Gasteiger charge is 2.31. The van der Waals surface area contributed by atoms with E-state index in [1.54, 1.807) is 18.2 Å². The van der Waals surface area contributed by atoms with E-state index in [1.807, 2.05) is 6.07 Å². The van der Waals surface area contributed by atoms with Crippen LogP contribution in [0.25, 0.3) is 0 Å². The molecule has 0 spiro atoms. The lowest BCUT2D eigenvalue weighted by molar-refractivity contribution is -0.0213. The molecule has 2 aromatic rings. The molecule has 5 heteroatoms. The first-order valence-corrected chi connectivity index (χ1v) is 10.7. The lowest BCUT2D eigenvalue weighted by Gasteiger charge is -2.30. The number of rotatable bonds is 6. The smallest absolute Gasteiger partial charge is 0.201 e. The summed E-state index contributed by atoms with van der Waals surface area (Å²) in [4.78, 5) is 0. The molecule has 0 radical (unpaired) electrons. The van der Waals surface area contributed by atoms with Crippen LogP contribution in [0.2, 0.25) is 0 Å². The number of hydrogen-bond donors (Lipinski definition) is 0. The van der Waals surface area contributed by atoms with Crippen molar-refractivity contribution in [2.45, 2.75) is 58.0 Å². The number of ether oxygens (including phenoxy) is 2. The molecule has 30 heavy (non-hydrogen) atoms. The molecule has 0 amide bonds. The molecule has 160 valence electrons. The number of fused-ring (bicyclic) bond motifs is 2. The highest BCUT2D eigenvalue weighted by molar-refractivity contribution is 5.54. The summed E-state index contributed by atoms with van der Waals surface area (Å²) in [6.07, 6.45) is 6.48. The second-order valence-electron chi connectivity index (χ2n) is 8.27. The molecule has 0 saturated carbocycles. The molecular formula is C25H27F3O2. The monoisotopic (exact) mass is 416 g/mol. The quantitative estimate of drug-likeness (QED) is 0.396. The van der Waals surface area contributed by atoms with Gasteiger partial charge in [-0.1, -0.05) is 31.6 Å². The molecule has 0 N–H and O–H groups in total. The Balaban J connectivity index is 1.60. The van der Waals surface area contributed by atoms with Gasteiger partial charge in [0.2, 0.25) is 5.82 Å². The Morgan fingerprint density at radius 3 is 2.57 bits per heavy atom. The summed E-state index contributed by atoms with van der Waals surface area (Å²) < 4.78 is 56.0. The van der Waals surface area contributed by atoms with Crippen LogP contribution in [-0.4, -0.2) is 6.61 Å². The first kappa shape index (κ1) is 21.0. The van der Waals surface area contributed by atoms with Crippen molar-refractivity contribution < 1.29 is 22.6 Å². The van der Waals surface area contributed by atoms with Crippen molar-refractivity contribution in [3.05, 3.63) is 70.6 Å². The normalized spacial score (nSPS) is 20.3. The molecule has 2 unspecified atom stereocenters. The van der Waals surface area contributed by atoms with Gasteiger partial charge in [-0.25, -0.2) is 8.78 Å². The van der Waals surface area contributed by atoms with Crippen molar-refractivity contribution in [3.63, 3.8) is 0 Å². The molecule has 1 fully saturated rings. The maximum Gasteiger partial charge on any atom is 0.201 e. The molecule has 2 heterocycles. The van der Waals surface area contributed by atoms with E-state index in [0.29, 0.717) is 48.5 Å². The average Bonchev–Trinajstić information content (AvgIpc) is 2.76. The van der Waals surface area contributed by atoms with Gasteiger partial charge in [-0.2, -0.15) is 4.39 Å². The van der Waals surface area contributed by atoms with Gasteiger partial charge in [-0.3, -0.25) is 0 Å². The summed E-state index contributed by atoms with van der Waals surface area (Å²) >= 11 is 0. The summed E-state index contributed by atoms with van der Waals surface area (Å²) in [7, 11) is 0. The standard InChI is InChI=1S/C25H27F3O2/c1-3-5-7-16-12-18-13-17-9-10-19(20-11-8-15(6-4-2)14-29-20)22(27)24(17)30-25(18)23(28)21(16)26/h3,9-10,12,15,20H,1,4-8,11,13-14H2,2H3. The van der Waals surface area contributed by atoms with Crippen LogP contribution in [0, 0.1) is 23.4 Å². The van der Waals surface area contributed by atoms with Gasteiger partial charge in [0.15, 0.2) is 23.1 Å². The number of benzene rings is 2. The van der Waals surface area contributed by atoms with Crippen LogP contribution in [0.5, 0.6) is 11.5 Å². The van der Waals surface area contributed by atoms with Crippen molar-refractivity contribution in [1.82, 2.24) is 0 Å². The summed E-state index contributed by atoms with van der Waals surface area (Å²) in [6, 6.07) is 5.17. The van der Waals surface area contributed by atoms with E-state index < -0.39 is 17.5 Å². The van der Waals surface area contributed by atoms with E-state index >= 15 is 4.39 Å². The Labute approximate surface area is 175 Å². The van der Waals surface area contributed by atoms with Crippen LogP contribution >= 0.6 is 0 Å². The van der Waals surface area contributed by atoms with Crippen LogP contribution < -0.4 is 4.74 Å². The van der Waals surface area contributed by atoms with Crippen molar-refractivity contribution in [2.24, 2.45) is 5.92 Å². The van der Waals surface area contributed by atoms with Gasteiger partial charge in [0.25, 0.3) is 0 Å². The minimum atomic E-state index is -1.06. The van der Waals surface area contributed by atoms with Gasteiger partial charge in [-0.05, 0) is 49.7 Å². The van der Waals surface area contributed by atoms with Gasteiger partial charge in [0, 0.05) is 23.1 Å². The topological polar surface area (TPSA) is 18.5 Å². The van der Waals surface area contributed by atoms with E-state index in [0.717, 1.165) is 25.7 Å². The van der Waals surface area contributed by atoms with E-state index in [2.05, 4.69) is 13.5 Å². The number of aryl methyl sites for hydroxylation is 1. The fraction of sp³-hybridized carbons (Fsp3) is 0.440. The lowest BCUT2D eigenvalue weighted by Crippen LogP contribution is -2.21. The van der Waals surface area contributed by atoms with Gasteiger partial charge in [0.05, 0.1) is 12.7 Å². The summed E-state index contributed by atoms with van der Waals surface area (Å²) in [5.41, 5.74) is 1.87. The Morgan fingerprint density at radius 2 is 1.87 bits per heavy atom. The van der Waals surface area contributed by atoms with Crippen molar-refractivity contribution in [1.29, 1.82) is 0 Å². The number of allylic oxidation sites excluding steroid dienone is 1. The largest absolute Gasteiger partial charge is 0.450 e. The van der Waals surface area contributed by atoms with E-state index in [4.69, 9.17) is 9.47 Å². The molecule has 2 aliphatic rings. The van der Waals surface area contributed by atoms with Crippen molar-refractivity contribution in [2.75, 3.05) is 6.61 Å². The zero-order valence-electron chi connectivity index (χ0n) is 17.3. The highest BCUT2D eigenvalue weighted by atomic mass is 19.2. The molecule has 0 bridgehead atoms. The minimum Gasteiger partial charge on any atom is -0.450 e. The molecule has 2 nitrogen and oxygen atoms in total.